The first-order chi connectivity index (χ1) is 15.1. The lowest BCUT2D eigenvalue weighted by Gasteiger charge is -2.31. The number of hydrogen-bond acceptors (Lipinski definition) is 4. The third-order valence-corrected chi connectivity index (χ3v) is 6.62. The summed E-state index contributed by atoms with van der Waals surface area (Å²) < 4.78 is 0. The van der Waals surface area contributed by atoms with Crippen LogP contribution in [0, 0.1) is 23.7 Å². The molecular formula is C30H64O4. The van der Waals surface area contributed by atoms with Gasteiger partial charge >= 0.3 is 0 Å². The smallest absolute Gasteiger partial charge is 0.0623 e. The molecule has 0 spiro atoms. The minimum Gasteiger partial charge on any atom is -0.390 e. The van der Waals surface area contributed by atoms with Crippen LogP contribution in [-0.2, 0) is 0 Å². The Morgan fingerprint density at radius 2 is 0.618 bits per heavy atom. The Labute approximate surface area is 214 Å². The van der Waals surface area contributed by atoms with Gasteiger partial charge in [0.1, 0.15) is 0 Å². The second kappa shape index (κ2) is 15.8. The third-order valence-electron chi connectivity index (χ3n) is 6.62. The van der Waals surface area contributed by atoms with Crippen LogP contribution in [0.4, 0.5) is 0 Å². The number of rotatable bonds is 16. The van der Waals surface area contributed by atoms with Crippen molar-refractivity contribution in [3.05, 3.63) is 0 Å². The van der Waals surface area contributed by atoms with Crippen LogP contribution in [0.5, 0.6) is 0 Å². The molecule has 0 heterocycles. The molecule has 0 aromatic heterocycles. The van der Waals surface area contributed by atoms with Crippen LogP contribution in [0.15, 0.2) is 0 Å². The lowest BCUT2D eigenvalue weighted by atomic mass is 9.83. The van der Waals surface area contributed by atoms with Gasteiger partial charge in [0.15, 0.2) is 0 Å². The van der Waals surface area contributed by atoms with Gasteiger partial charge in [0.25, 0.3) is 0 Å². The molecule has 4 atom stereocenters. The maximum atomic E-state index is 10.3. The fourth-order valence-electron chi connectivity index (χ4n) is 4.49. The van der Waals surface area contributed by atoms with Crippen LogP contribution in [0.2, 0.25) is 0 Å². The van der Waals surface area contributed by atoms with Crippen molar-refractivity contribution >= 4 is 0 Å². The largest absolute Gasteiger partial charge is 0.390 e. The lowest BCUT2D eigenvalue weighted by Crippen LogP contribution is -2.33. The first-order valence-electron chi connectivity index (χ1n) is 14.0. The molecule has 0 radical (unpaired) electrons. The van der Waals surface area contributed by atoms with Crippen molar-refractivity contribution in [2.24, 2.45) is 23.7 Å². The Balaban J connectivity index is 0. The van der Waals surface area contributed by atoms with E-state index < -0.39 is 22.4 Å². The van der Waals surface area contributed by atoms with Gasteiger partial charge in [0.05, 0.1) is 22.4 Å². The monoisotopic (exact) mass is 488 g/mol. The first-order valence-corrected chi connectivity index (χ1v) is 14.0. The zero-order valence-electron chi connectivity index (χ0n) is 25.2. The van der Waals surface area contributed by atoms with E-state index >= 15 is 0 Å². The highest BCUT2D eigenvalue weighted by atomic mass is 16.3. The fraction of sp³-hybridized carbons (Fsp3) is 1.00. The van der Waals surface area contributed by atoms with E-state index in [2.05, 4.69) is 55.4 Å². The summed E-state index contributed by atoms with van der Waals surface area (Å²) in [6.07, 6.45) is 8.04. The summed E-state index contributed by atoms with van der Waals surface area (Å²) in [4.78, 5) is 0. The van der Waals surface area contributed by atoms with Crippen molar-refractivity contribution in [2.75, 3.05) is 0 Å². The molecule has 0 rings (SSSR count). The number of hydrogen-bond donors (Lipinski definition) is 4. The Morgan fingerprint density at radius 3 is 0.824 bits per heavy atom. The summed E-state index contributed by atoms with van der Waals surface area (Å²) >= 11 is 0. The zero-order valence-corrected chi connectivity index (χ0v) is 25.2. The molecule has 0 saturated heterocycles. The van der Waals surface area contributed by atoms with Gasteiger partial charge in [-0.3, -0.25) is 0 Å². The molecule has 0 saturated carbocycles. The van der Waals surface area contributed by atoms with Gasteiger partial charge < -0.3 is 20.4 Å². The molecule has 0 aromatic rings. The van der Waals surface area contributed by atoms with Crippen LogP contribution < -0.4 is 0 Å². The Bertz CT molecular complexity index is 456. The summed E-state index contributed by atoms with van der Waals surface area (Å²) in [6.45, 7) is 24.7. The van der Waals surface area contributed by atoms with Crippen LogP contribution in [0.3, 0.4) is 0 Å². The Hall–Kier alpha value is -0.160. The average Bonchev–Trinajstić information content (AvgIpc) is 2.61. The molecule has 4 N–H and O–H groups in total. The van der Waals surface area contributed by atoms with E-state index in [0.29, 0.717) is 49.4 Å². The van der Waals surface area contributed by atoms with Crippen molar-refractivity contribution in [2.45, 2.75) is 170 Å². The molecular weight excluding hydrogens is 424 g/mol. The van der Waals surface area contributed by atoms with E-state index in [0.717, 1.165) is 38.5 Å². The van der Waals surface area contributed by atoms with E-state index in [1.54, 1.807) is 0 Å². The van der Waals surface area contributed by atoms with Gasteiger partial charge in [-0.2, -0.15) is 0 Å². The van der Waals surface area contributed by atoms with E-state index in [1.165, 1.54) is 0 Å². The van der Waals surface area contributed by atoms with E-state index in [-0.39, 0.29) is 0 Å². The molecule has 4 nitrogen and oxygen atoms in total. The first kappa shape index (κ1) is 36.0. The topological polar surface area (TPSA) is 80.9 Å². The van der Waals surface area contributed by atoms with Gasteiger partial charge in [0.2, 0.25) is 0 Å². The molecule has 0 aromatic carbocycles. The van der Waals surface area contributed by atoms with Gasteiger partial charge in [-0.05, 0) is 116 Å². The standard InChI is InChI=1S/C16H34O2.C14H30O2/c1-13(2)7-9-15(5,17)11-12-16(6,18)10-8-14(3)4;1-11(2)9-13(5,15)7-8-14(6,16)10-12(3)4/h13-14,17-18H,7-12H2,1-6H3;11-12,15-16H,7-10H2,1-6H3. The fourth-order valence-corrected chi connectivity index (χ4v) is 4.49. The number of aliphatic hydroxyl groups is 4. The summed E-state index contributed by atoms with van der Waals surface area (Å²) in [6, 6.07) is 0. The molecule has 0 aliphatic carbocycles. The minimum atomic E-state index is -0.644. The minimum absolute atomic E-state index is 0.491. The SMILES string of the molecule is CC(C)CC(C)(O)CCC(C)(O)CC(C)C.CC(C)CCC(C)(O)CCC(C)(O)CCC(C)C. The molecule has 4 unspecified atom stereocenters. The summed E-state index contributed by atoms with van der Waals surface area (Å²) in [5.74, 6) is 2.23. The predicted octanol–water partition coefficient (Wildman–Crippen LogP) is 7.50. The van der Waals surface area contributed by atoms with Crippen molar-refractivity contribution < 1.29 is 20.4 Å². The van der Waals surface area contributed by atoms with Crippen LogP contribution in [0.1, 0.15) is 147 Å². The molecule has 208 valence electrons. The second-order valence-electron chi connectivity index (χ2n) is 14.0. The molecule has 0 aliphatic heterocycles. The van der Waals surface area contributed by atoms with E-state index in [4.69, 9.17) is 0 Å². The summed E-state index contributed by atoms with van der Waals surface area (Å²) in [5.41, 5.74) is -2.55. The molecule has 34 heavy (non-hydrogen) atoms. The summed E-state index contributed by atoms with van der Waals surface area (Å²) in [5, 5.41) is 40.9. The lowest BCUT2D eigenvalue weighted by molar-refractivity contribution is -0.0214. The van der Waals surface area contributed by atoms with Crippen molar-refractivity contribution in [1.29, 1.82) is 0 Å². The Morgan fingerprint density at radius 1 is 0.382 bits per heavy atom. The van der Waals surface area contributed by atoms with Gasteiger partial charge in [-0.15, -0.1) is 0 Å². The molecule has 0 bridgehead atoms. The maximum Gasteiger partial charge on any atom is 0.0623 e. The normalized spacial score (nSPS) is 19.4. The van der Waals surface area contributed by atoms with Crippen molar-refractivity contribution in [3.8, 4) is 0 Å². The highest BCUT2D eigenvalue weighted by Gasteiger charge is 2.29. The molecule has 0 amide bonds. The highest BCUT2D eigenvalue weighted by Crippen LogP contribution is 2.29. The predicted molar refractivity (Wildman–Crippen MR) is 148 cm³/mol. The molecule has 4 heteroatoms. The molecule has 0 fully saturated rings. The van der Waals surface area contributed by atoms with Crippen LogP contribution in [0.25, 0.3) is 0 Å². The van der Waals surface area contributed by atoms with Crippen LogP contribution in [-0.4, -0.2) is 42.8 Å². The second-order valence-corrected chi connectivity index (χ2v) is 14.0. The van der Waals surface area contributed by atoms with E-state index in [1.807, 2.05) is 27.7 Å². The summed E-state index contributed by atoms with van der Waals surface area (Å²) in [7, 11) is 0. The average molecular weight is 489 g/mol. The maximum absolute atomic E-state index is 10.3. The van der Waals surface area contributed by atoms with Crippen LogP contribution >= 0.6 is 0 Å². The van der Waals surface area contributed by atoms with Gasteiger partial charge in [-0.25, -0.2) is 0 Å². The third kappa shape index (κ3) is 23.6. The van der Waals surface area contributed by atoms with Crippen molar-refractivity contribution in [3.63, 3.8) is 0 Å². The van der Waals surface area contributed by atoms with Crippen molar-refractivity contribution in [1.82, 2.24) is 0 Å². The molecule has 0 aliphatic rings. The van der Waals surface area contributed by atoms with Gasteiger partial charge in [0, 0.05) is 0 Å². The van der Waals surface area contributed by atoms with E-state index in [9.17, 15) is 20.4 Å². The highest BCUT2D eigenvalue weighted by molar-refractivity contribution is 4.82. The van der Waals surface area contributed by atoms with Gasteiger partial charge in [-0.1, -0.05) is 55.4 Å². The zero-order chi connectivity index (χ0) is 27.4. The quantitative estimate of drug-likeness (QED) is 0.181. The Kier molecular flexibility index (Phi) is 16.8.